The van der Waals surface area contributed by atoms with Crippen LogP contribution in [0.5, 0.6) is 0 Å². The third-order valence-corrected chi connectivity index (χ3v) is 4.42. The zero-order valence-corrected chi connectivity index (χ0v) is 13.3. The van der Waals surface area contributed by atoms with Gasteiger partial charge in [0.1, 0.15) is 5.54 Å². The molecule has 1 saturated carbocycles. The number of nitrogens with zero attached hydrogens (tertiary/aromatic N) is 2. The summed E-state index contributed by atoms with van der Waals surface area (Å²) in [4.78, 5) is 24.7. The van der Waals surface area contributed by atoms with Gasteiger partial charge < -0.3 is 5.32 Å². The maximum atomic E-state index is 12.6. The van der Waals surface area contributed by atoms with E-state index in [1.165, 1.54) is 0 Å². The second kappa shape index (κ2) is 6.36. The van der Waals surface area contributed by atoms with Crippen LogP contribution >= 0.6 is 0 Å². The molecular weight excluding hydrogens is 290 g/mol. The average Bonchev–Trinajstić information content (AvgIpc) is 2.77. The molecule has 0 aromatic heterocycles. The van der Waals surface area contributed by atoms with E-state index in [1.807, 2.05) is 43.3 Å². The van der Waals surface area contributed by atoms with Gasteiger partial charge in [-0.15, -0.1) is 5.01 Å². The topological polar surface area (TPSA) is 61.8 Å². The summed E-state index contributed by atoms with van der Waals surface area (Å²) in [5, 5.41) is 7.94. The van der Waals surface area contributed by atoms with Gasteiger partial charge in [-0.05, 0) is 30.9 Å². The molecule has 1 aromatic carbocycles. The summed E-state index contributed by atoms with van der Waals surface area (Å²) < 4.78 is 0. The lowest BCUT2D eigenvalue weighted by Crippen LogP contribution is -2.48. The Morgan fingerprint density at radius 2 is 1.87 bits per heavy atom. The van der Waals surface area contributed by atoms with Gasteiger partial charge in [0.2, 0.25) is 0 Å². The molecule has 5 heteroatoms. The standard InChI is InChI=1S/C18H21N3O2/c1-14(12-15-8-4-2-5-9-15)13-19-21-16(22)18(20-17(21)23)10-6-3-7-11-18/h2,4-5,8-9,12-13H,3,6-7,10-11H2,1H3,(H,20,23). The highest BCUT2D eigenvalue weighted by Gasteiger charge is 2.51. The van der Waals surface area contributed by atoms with Gasteiger partial charge >= 0.3 is 6.03 Å². The Labute approximate surface area is 136 Å². The fraction of sp³-hybridized carbons (Fsp3) is 0.389. The van der Waals surface area contributed by atoms with E-state index in [2.05, 4.69) is 10.4 Å². The number of allylic oxidation sites excluding steroid dienone is 1. The highest BCUT2D eigenvalue weighted by molar-refractivity contribution is 6.07. The van der Waals surface area contributed by atoms with Crippen LogP contribution in [0.3, 0.4) is 0 Å². The van der Waals surface area contributed by atoms with Crippen molar-refractivity contribution in [2.75, 3.05) is 0 Å². The van der Waals surface area contributed by atoms with Gasteiger partial charge in [-0.1, -0.05) is 55.7 Å². The van der Waals surface area contributed by atoms with Crippen LogP contribution in [0.4, 0.5) is 4.79 Å². The first-order chi connectivity index (χ1) is 11.1. The van der Waals surface area contributed by atoms with Crippen molar-refractivity contribution in [2.45, 2.75) is 44.6 Å². The number of benzene rings is 1. The summed E-state index contributed by atoms with van der Waals surface area (Å²) in [6.45, 7) is 1.89. The minimum Gasteiger partial charge on any atom is -0.321 e. The van der Waals surface area contributed by atoms with Crippen LogP contribution in [-0.4, -0.2) is 28.7 Å². The normalized spacial score (nSPS) is 21.3. The third kappa shape index (κ3) is 3.18. The van der Waals surface area contributed by atoms with Crippen LogP contribution in [0, 0.1) is 0 Å². The molecule has 3 rings (SSSR count). The van der Waals surface area contributed by atoms with E-state index >= 15 is 0 Å². The molecule has 1 spiro atoms. The summed E-state index contributed by atoms with van der Waals surface area (Å²) in [5.41, 5.74) is 1.21. The third-order valence-electron chi connectivity index (χ3n) is 4.42. The summed E-state index contributed by atoms with van der Waals surface area (Å²) in [7, 11) is 0. The van der Waals surface area contributed by atoms with Crippen molar-refractivity contribution in [3.05, 3.63) is 41.5 Å². The second-order valence-electron chi connectivity index (χ2n) is 6.23. The monoisotopic (exact) mass is 311 g/mol. The van der Waals surface area contributed by atoms with Crippen LogP contribution in [0.2, 0.25) is 0 Å². The molecule has 0 bridgehead atoms. The highest BCUT2D eigenvalue weighted by Crippen LogP contribution is 2.33. The number of rotatable bonds is 3. The van der Waals surface area contributed by atoms with Crippen molar-refractivity contribution < 1.29 is 9.59 Å². The Morgan fingerprint density at radius 3 is 2.57 bits per heavy atom. The van der Waals surface area contributed by atoms with E-state index in [1.54, 1.807) is 6.21 Å². The Morgan fingerprint density at radius 1 is 1.17 bits per heavy atom. The van der Waals surface area contributed by atoms with Gasteiger partial charge in [0.25, 0.3) is 5.91 Å². The molecule has 1 N–H and O–H groups in total. The lowest BCUT2D eigenvalue weighted by atomic mass is 9.82. The summed E-state index contributed by atoms with van der Waals surface area (Å²) in [6.07, 6.45) is 8.00. The van der Waals surface area contributed by atoms with Crippen molar-refractivity contribution in [1.29, 1.82) is 0 Å². The molecule has 120 valence electrons. The Balaban J connectivity index is 1.73. The number of hydrogen-bond acceptors (Lipinski definition) is 3. The molecule has 23 heavy (non-hydrogen) atoms. The molecule has 1 aliphatic heterocycles. The molecule has 5 nitrogen and oxygen atoms in total. The van der Waals surface area contributed by atoms with Crippen molar-refractivity contribution in [3.8, 4) is 0 Å². The van der Waals surface area contributed by atoms with Crippen LogP contribution in [-0.2, 0) is 4.79 Å². The molecule has 0 atom stereocenters. The Kier molecular flexibility index (Phi) is 4.28. The zero-order valence-electron chi connectivity index (χ0n) is 13.3. The van der Waals surface area contributed by atoms with Gasteiger partial charge in [-0.25, -0.2) is 4.79 Å². The smallest absolute Gasteiger partial charge is 0.321 e. The molecule has 2 aliphatic rings. The number of amides is 3. The van der Waals surface area contributed by atoms with Gasteiger partial charge in [0, 0.05) is 0 Å². The molecule has 1 aromatic rings. The fourth-order valence-electron chi connectivity index (χ4n) is 3.20. The molecule has 1 aliphatic carbocycles. The molecule has 2 fully saturated rings. The number of imide groups is 1. The summed E-state index contributed by atoms with van der Waals surface area (Å²) in [6, 6.07) is 9.43. The van der Waals surface area contributed by atoms with E-state index in [-0.39, 0.29) is 5.91 Å². The minimum atomic E-state index is -0.719. The number of carbonyl (C=O) groups is 2. The van der Waals surface area contributed by atoms with Gasteiger partial charge in [0.05, 0.1) is 6.21 Å². The maximum Gasteiger partial charge on any atom is 0.346 e. The van der Waals surface area contributed by atoms with Gasteiger partial charge in [-0.3, -0.25) is 4.79 Å². The Bertz CT molecular complexity index is 658. The summed E-state index contributed by atoms with van der Waals surface area (Å²) in [5.74, 6) is -0.217. The number of hydrogen-bond donors (Lipinski definition) is 1. The molecule has 1 saturated heterocycles. The van der Waals surface area contributed by atoms with E-state index in [4.69, 9.17) is 0 Å². The van der Waals surface area contributed by atoms with Crippen LogP contribution in [0.25, 0.3) is 6.08 Å². The fourth-order valence-corrected chi connectivity index (χ4v) is 3.20. The van der Waals surface area contributed by atoms with Gasteiger partial charge in [-0.2, -0.15) is 5.10 Å². The molecule has 3 amide bonds. The molecule has 0 unspecified atom stereocenters. The lowest BCUT2D eigenvalue weighted by Gasteiger charge is -2.29. The largest absolute Gasteiger partial charge is 0.346 e. The predicted octanol–water partition coefficient (Wildman–Crippen LogP) is 3.33. The van der Waals surface area contributed by atoms with Crippen molar-refractivity contribution in [1.82, 2.24) is 10.3 Å². The van der Waals surface area contributed by atoms with E-state index < -0.39 is 11.6 Å². The lowest BCUT2D eigenvalue weighted by molar-refractivity contribution is -0.132. The number of nitrogens with one attached hydrogen (secondary N) is 1. The van der Waals surface area contributed by atoms with Gasteiger partial charge in [0.15, 0.2) is 0 Å². The molecular formula is C18H21N3O2. The number of hydrazone groups is 1. The van der Waals surface area contributed by atoms with Crippen molar-refractivity contribution in [2.24, 2.45) is 5.10 Å². The highest BCUT2D eigenvalue weighted by atomic mass is 16.2. The van der Waals surface area contributed by atoms with Crippen LogP contribution < -0.4 is 5.32 Å². The van der Waals surface area contributed by atoms with Crippen LogP contribution in [0.1, 0.15) is 44.6 Å². The van der Waals surface area contributed by atoms with Crippen molar-refractivity contribution >= 4 is 24.2 Å². The van der Waals surface area contributed by atoms with E-state index in [9.17, 15) is 9.59 Å². The van der Waals surface area contributed by atoms with Crippen molar-refractivity contribution in [3.63, 3.8) is 0 Å². The number of urea groups is 1. The molecule has 1 heterocycles. The first kappa shape index (κ1) is 15.5. The first-order valence-electron chi connectivity index (χ1n) is 8.05. The quantitative estimate of drug-likeness (QED) is 0.687. The Hall–Kier alpha value is -2.43. The van der Waals surface area contributed by atoms with E-state index in [0.717, 1.165) is 35.4 Å². The van der Waals surface area contributed by atoms with Crippen LogP contribution in [0.15, 0.2) is 41.0 Å². The molecule has 0 radical (unpaired) electrons. The zero-order chi connectivity index (χ0) is 16.3. The van der Waals surface area contributed by atoms with E-state index in [0.29, 0.717) is 12.8 Å². The average molecular weight is 311 g/mol. The predicted molar refractivity (Wildman–Crippen MR) is 89.8 cm³/mol. The SMILES string of the molecule is CC(C=NN1C(=O)NC2(CCCCC2)C1=O)=Cc1ccccc1. The second-order valence-corrected chi connectivity index (χ2v) is 6.23. The first-order valence-corrected chi connectivity index (χ1v) is 8.05. The minimum absolute atomic E-state index is 0.217. The number of carbonyl (C=O) groups excluding carboxylic acids is 2. The maximum absolute atomic E-state index is 12.6. The summed E-state index contributed by atoms with van der Waals surface area (Å²) >= 11 is 0.